The molecule has 0 fully saturated rings. The van der Waals surface area contributed by atoms with Gasteiger partial charge in [-0.15, -0.1) is 10.2 Å². The third-order valence-corrected chi connectivity index (χ3v) is 5.01. The van der Waals surface area contributed by atoms with E-state index in [0.717, 1.165) is 6.07 Å². The minimum atomic E-state index is -0.463. The van der Waals surface area contributed by atoms with Crippen LogP contribution in [-0.2, 0) is 11.3 Å². The van der Waals surface area contributed by atoms with Crippen LogP contribution in [0.3, 0.4) is 0 Å². The summed E-state index contributed by atoms with van der Waals surface area (Å²) in [5.41, 5.74) is 0.360. The van der Waals surface area contributed by atoms with Gasteiger partial charge in [0.1, 0.15) is 5.82 Å². The molecule has 2 aromatic heterocycles. The van der Waals surface area contributed by atoms with E-state index in [1.807, 2.05) is 11.5 Å². The van der Waals surface area contributed by atoms with Crippen molar-refractivity contribution in [1.29, 1.82) is 0 Å². The van der Waals surface area contributed by atoms with Gasteiger partial charge in [0.2, 0.25) is 5.91 Å². The summed E-state index contributed by atoms with van der Waals surface area (Å²) in [5.74, 6) is 0.487. The molecule has 0 aliphatic rings. The van der Waals surface area contributed by atoms with Crippen LogP contribution in [0.2, 0.25) is 5.02 Å². The lowest BCUT2D eigenvalue weighted by Crippen LogP contribution is -2.23. The first-order valence-electron chi connectivity index (χ1n) is 7.89. The Morgan fingerprint density at radius 3 is 2.88 bits per heavy atom. The number of carbonyl (C=O) groups excluding carboxylic acids is 1. The number of nitrogens with one attached hydrogen (secondary N) is 1. The number of hydrogen-bond donors (Lipinski definition) is 1. The maximum absolute atomic E-state index is 13.1. The van der Waals surface area contributed by atoms with E-state index in [2.05, 4.69) is 15.5 Å². The maximum atomic E-state index is 13.1. The van der Waals surface area contributed by atoms with Crippen LogP contribution in [0.5, 0.6) is 0 Å². The summed E-state index contributed by atoms with van der Waals surface area (Å²) in [6, 6.07) is 7.40. The average molecular weight is 395 g/mol. The van der Waals surface area contributed by atoms with Crippen LogP contribution in [0.25, 0.3) is 11.6 Å². The Bertz CT molecular complexity index is 914. The predicted octanol–water partition coefficient (Wildman–Crippen LogP) is 4.47. The summed E-state index contributed by atoms with van der Waals surface area (Å²) in [6.45, 7) is 4.34. The summed E-state index contributed by atoms with van der Waals surface area (Å²) in [6.07, 6.45) is 1.57. The van der Waals surface area contributed by atoms with Crippen LogP contribution in [0.15, 0.2) is 46.2 Å². The number of benzene rings is 1. The van der Waals surface area contributed by atoms with Crippen LogP contribution in [-0.4, -0.2) is 25.9 Å². The van der Waals surface area contributed by atoms with E-state index in [1.165, 1.54) is 23.9 Å². The smallest absolute Gasteiger partial charge is 0.237 e. The number of thioether (sulfide) groups is 1. The summed E-state index contributed by atoms with van der Waals surface area (Å²) in [4.78, 5) is 12.4. The fourth-order valence-corrected chi connectivity index (χ4v) is 3.41. The fourth-order valence-electron chi connectivity index (χ4n) is 2.29. The van der Waals surface area contributed by atoms with Gasteiger partial charge in [-0.1, -0.05) is 23.4 Å². The van der Waals surface area contributed by atoms with Crippen LogP contribution < -0.4 is 5.32 Å². The van der Waals surface area contributed by atoms with Crippen LogP contribution in [0.1, 0.15) is 13.8 Å². The Balaban J connectivity index is 1.73. The van der Waals surface area contributed by atoms with Crippen molar-refractivity contribution in [1.82, 2.24) is 14.8 Å². The van der Waals surface area contributed by atoms with Crippen LogP contribution in [0, 0.1) is 5.82 Å². The monoisotopic (exact) mass is 394 g/mol. The van der Waals surface area contributed by atoms with Gasteiger partial charge in [-0.3, -0.25) is 9.36 Å². The quantitative estimate of drug-likeness (QED) is 0.624. The van der Waals surface area contributed by atoms with Gasteiger partial charge >= 0.3 is 0 Å². The topological polar surface area (TPSA) is 73.0 Å². The normalized spacial score (nSPS) is 12.2. The standard InChI is InChI=1S/C17H16ClFN4O2S/c1-3-23-15(14-5-4-8-25-14)21-22-17(23)26-10(2)16(24)20-13-7-6-11(19)9-12(13)18/h4-10H,3H2,1-2H3,(H,20,24). The number of amides is 1. The minimum Gasteiger partial charge on any atom is -0.461 e. The Morgan fingerprint density at radius 1 is 1.42 bits per heavy atom. The van der Waals surface area contributed by atoms with E-state index in [9.17, 15) is 9.18 Å². The Kier molecular flexibility index (Phi) is 5.63. The zero-order valence-corrected chi connectivity index (χ0v) is 15.6. The van der Waals surface area contributed by atoms with Crippen molar-refractivity contribution >= 4 is 35.0 Å². The van der Waals surface area contributed by atoms with E-state index >= 15 is 0 Å². The summed E-state index contributed by atoms with van der Waals surface area (Å²) < 4.78 is 20.4. The average Bonchev–Trinajstić information content (AvgIpc) is 3.26. The van der Waals surface area contributed by atoms with Crippen molar-refractivity contribution < 1.29 is 13.6 Å². The van der Waals surface area contributed by atoms with E-state index in [4.69, 9.17) is 16.0 Å². The Labute approximate surface area is 158 Å². The highest BCUT2D eigenvalue weighted by atomic mass is 35.5. The molecule has 3 rings (SSSR count). The maximum Gasteiger partial charge on any atom is 0.237 e. The third kappa shape index (κ3) is 3.91. The molecule has 0 saturated carbocycles. The van der Waals surface area contributed by atoms with E-state index in [1.54, 1.807) is 25.3 Å². The molecule has 9 heteroatoms. The van der Waals surface area contributed by atoms with E-state index in [0.29, 0.717) is 29.0 Å². The number of aromatic nitrogens is 3. The fraction of sp³-hybridized carbons (Fsp3) is 0.235. The number of rotatable bonds is 6. The summed E-state index contributed by atoms with van der Waals surface area (Å²) in [5, 5.41) is 11.3. The molecule has 0 radical (unpaired) electrons. The molecule has 2 heterocycles. The zero-order valence-electron chi connectivity index (χ0n) is 14.1. The first-order chi connectivity index (χ1) is 12.5. The molecule has 1 aromatic carbocycles. The lowest BCUT2D eigenvalue weighted by Gasteiger charge is -2.13. The van der Waals surface area contributed by atoms with E-state index < -0.39 is 11.1 Å². The van der Waals surface area contributed by atoms with Crippen LogP contribution in [0.4, 0.5) is 10.1 Å². The summed E-state index contributed by atoms with van der Waals surface area (Å²) >= 11 is 7.22. The van der Waals surface area contributed by atoms with Gasteiger partial charge in [0.05, 0.1) is 22.2 Å². The predicted molar refractivity (Wildman–Crippen MR) is 98.8 cm³/mol. The Hall–Kier alpha value is -2.32. The van der Waals surface area contributed by atoms with Gasteiger partial charge in [0, 0.05) is 6.54 Å². The van der Waals surface area contributed by atoms with E-state index in [-0.39, 0.29) is 10.9 Å². The lowest BCUT2D eigenvalue weighted by atomic mass is 10.3. The van der Waals surface area contributed by atoms with Gasteiger partial charge in [0.15, 0.2) is 16.7 Å². The molecule has 136 valence electrons. The minimum absolute atomic E-state index is 0.146. The number of nitrogens with zero attached hydrogens (tertiary/aromatic N) is 3. The third-order valence-electron chi connectivity index (χ3n) is 3.62. The molecular formula is C17H16ClFN4O2S. The second-order valence-electron chi connectivity index (χ2n) is 5.40. The van der Waals surface area contributed by atoms with Crippen molar-refractivity contribution in [3.8, 4) is 11.6 Å². The molecule has 0 aliphatic carbocycles. The van der Waals surface area contributed by atoms with Crippen molar-refractivity contribution in [2.75, 3.05) is 5.32 Å². The second-order valence-corrected chi connectivity index (χ2v) is 7.12. The summed E-state index contributed by atoms with van der Waals surface area (Å²) in [7, 11) is 0. The number of anilines is 1. The molecule has 0 aliphatic heterocycles. The highest BCUT2D eigenvalue weighted by Crippen LogP contribution is 2.28. The lowest BCUT2D eigenvalue weighted by molar-refractivity contribution is -0.115. The molecule has 0 saturated heterocycles. The molecule has 26 heavy (non-hydrogen) atoms. The first-order valence-corrected chi connectivity index (χ1v) is 9.15. The van der Waals surface area contributed by atoms with Gasteiger partial charge in [0.25, 0.3) is 0 Å². The van der Waals surface area contributed by atoms with Crippen molar-refractivity contribution in [3.63, 3.8) is 0 Å². The second kappa shape index (κ2) is 7.92. The van der Waals surface area contributed by atoms with Gasteiger partial charge in [-0.25, -0.2) is 4.39 Å². The number of hydrogen-bond acceptors (Lipinski definition) is 5. The van der Waals surface area contributed by atoms with Gasteiger partial charge in [-0.2, -0.15) is 0 Å². The molecule has 1 amide bonds. The number of carbonyl (C=O) groups is 1. The molecule has 0 spiro atoms. The van der Waals surface area contributed by atoms with Gasteiger partial charge < -0.3 is 9.73 Å². The number of halogens is 2. The molecular weight excluding hydrogens is 379 g/mol. The highest BCUT2D eigenvalue weighted by Gasteiger charge is 2.21. The van der Waals surface area contributed by atoms with Crippen LogP contribution >= 0.6 is 23.4 Å². The largest absolute Gasteiger partial charge is 0.461 e. The molecule has 6 nitrogen and oxygen atoms in total. The van der Waals surface area contributed by atoms with Crippen molar-refractivity contribution in [3.05, 3.63) is 47.4 Å². The Morgan fingerprint density at radius 2 is 2.23 bits per heavy atom. The first kappa shape index (κ1) is 18.5. The van der Waals surface area contributed by atoms with Crippen molar-refractivity contribution in [2.45, 2.75) is 30.8 Å². The molecule has 0 bridgehead atoms. The number of furan rings is 1. The molecule has 3 aromatic rings. The zero-order chi connectivity index (χ0) is 18.7. The SMILES string of the molecule is CCn1c(SC(C)C(=O)Nc2ccc(F)cc2Cl)nnc1-c1ccco1. The molecule has 1 atom stereocenters. The molecule has 1 unspecified atom stereocenters. The van der Waals surface area contributed by atoms with Gasteiger partial charge in [-0.05, 0) is 44.2 Å². The highest BCUT2D eigenvalue weighted by molar-refractivity contribution is 8.00. The van der Waals surface area contributed by atoms with Crippen molar-refractivity contribution in [2.24, 2.45) is 0 Å². The molecule has 1 N–H and O–H groups in total.